The van der Waals surface area contributed by atoms with Crippen LogP contribution in [0, 0.1) is 0 Å². The van der Waals surface area contributed by atoms with Crippen molar-refractivity contribution in [2.24, 2.45) is 0 Å². The van der Waals surface area contributed by atoms with E-state index in [1.165, 1.54) is 18.2 Å². The van der Waals surface area contributed by atoms with Gasteiger partial charge in [0, 0.05) is 10.6 Å². The predicted octanol–water partition coefficient (Wildman–Crippen LogP) is 2.21. The van der Waals surface area contributed by atoms with Crippen LogP contribution in [0.25, 0.3) is 0 Å². The van der Waals surface area contributed by atoms with E-state index in [9.17, 15) is 13.2 Å². The van der Waals surface area contributed by atoms with E-state index in [0.29, 0.717) is 11.3 Å². The zero-order valence-electron chi connectivity index (χ0n) is 10.9. The third kappa shape index (κ3) is 5.59. The maximum Gasteiger partial charge on any atom is 0.247 e. The summed E-state index contributed by atoms with van der Waals surface area (Å²) in [4.78, 5) is 10.8. The Balaban J connectivity index is 2.80. The molecule has 1 aromatic rings. The largest absolute Gasteiger partial charge is 0.476 e. The first-order chi connectivity index (χ1) is 8.63. The van der Waals surface area contributed by atoms with Crippen LogP contribution in [0.3, 0.4) is 0 Å². The lowest BCUT2D eigenvalue weighted by Gasteiger charge is -2.20. The number of sulfonamides is 1. The van der Waals surface area contributed by atoms with Gasteiger partial charge in [-0.1, -0.05) is 11.6 Å². The van der Waals surface area contributed by atoms with Crippen LogP contribution in [0.4, 0.5) is 0 Å². The molecular weight excluding hydrogens is 290 g/mol. The molecule has 0 saturated carbocycles. The number of hydrogen-bond donors (Lipinski definition) is 1. The van der Waals surface area contributed by atoms with Gasteiger partial charge in [0.1, 0.15) is 5.75 Å². The lowest BCUT2D eigenvalue weighted by Crippen LogP contribution is -2.42. The molecule has 0 bridgehead atoms. The Bertz CT molecular complexity index is 564. The Morgan fingerprint density at radius 3 is 2.53 bits per heavy atom. The lowest BCUT2D eigenvalue weighted by molar-refractivity contribution is 0.112. The van der Waals surface area contributed by atoms with Crippen LogP contribution in [-0.2, 0) is 10.0 Å². The first-order valence-electron chi connectivity index (χ1n) is 5.52. The van der Waals surface area contributed by atoms with Crippen molar-refractivity contribution in [3.8, 4) is 5.75 Å². The van der Waals surface area contributed by atoms with Gasteiger partial charge in [-0.15, -0.1) is 0 Å². The normalized spacial score (nSPS) is 12.2. The number of carbonyl (C=O) groups excluding carboxylic acids is 1. The van der Waals surface area contributed by atoms with Gasteiger partial charge in [0.15, 0.2) is 6.29 Å². The van der Waals surface area contributed by atoms with Crippen LogP contribution in [-0.4, -0.2) is 26.2 Å². The van der Waals surface area contributed by atoms with Crippen molar-refractivity contribution in [1.29, 1.82) is 0 Å². The Labute approximate surface area is 118 Å². The van der Waals surface area contributed by atoms with Crippen molar-refractivity contribution in [2.75, 3.05) is 5.94 Å². The van der Waals surface area contributed by atoms with Crippen LogP contribution in [0.15, 0.2) is 18.2 Å². The Hall–Kier alpha value is -1.11. The topological polar surface area (TPSA) is 72.5 Å². The highest BCUT2D eigenvalue weighted by molar-refractivity contribution is 7.89. The fourth-order valence-corrected chi connectivity index (χ4v) is 2.83. The summed E-state index contributed by atoms with van der Waals surface area (Å²) in [6.07, 6.45) is 0.561. The Morgan fingerprint density at radius 2 is 2.00 bits per heavy atom. The molecule has 0 aliphatic carbocycles. The maximum absolute atomic E-state index is 11.7. The van der Waals surface area contributed by atoms with Gasteiger partial charge >= 0.3 is 0 Å². The van der Waals surface area contributed by atoms with E-state index in [1.807, 2.05) is 0 Å². The summed E-state index contributed by atoms with van der Waals surface area (Å²) in [5.74, 6) is -0.383. The zero-order valence-corrected chi connectivity index (χ0v) is 12.5. The molecule has 5 nitrogen and oxygen atoms in total. The van der Waals surface area contributed by atoms with E-state index in [4.69, 9.17) is 16.3 Å². The molecule has 1 N–H and O–H groups in total. The minimum absolute atomic E-state index is 0.179. The van der Waals surface area contributed by atoms with E-state index in [-0.39, 0.29) is 11.3 Å². The van der Waals surface area contributed by atoms with Gasteiger partial charge in [-0.2, -0.15) is 0 Å². The number of carbonyl (C=O) groups is 1. The molecule has 0 aliphatic heterocycles. The number of nitrogens with one attached hydrogen (secondary N) is 1. The van der Waals surface area contributed by atoms with Crippen LogP contribution in [0.5, 0.6) is 5.75 Å². The summed E-state index contributed by atoms with van der Waals surface area (Å²) < 4.78 is 31.1. The summed E-state index contributed by atoms with van der Waals surface area (Å²) >= 11 is 5.73. The van der Waals surface area contributed by atoms with Crippen LogP contribution >= 0.6 is 11.6 Å². The van der Waals surface area contributed by atoms with Gasteiger partial charge in [-0.05, 0) is 39.0 Å². The van der Waals surface area contributed by atoms with Crippen LogP contribution in [0.2, 0.25) is 5.02 Å². The highest BCUT2D eigenvalue weighted by atomic mass is 35.5. The first-order valence-corrected chi connectivity index (χ1v) is 7.55. The van der Waals surface area contributed by atoms with Crippen LogP contribution < -0.4 is 9.46 Å². The van der Waals surface area contributed by atoms with Crippen molar-refractivity contribution in [3.05, 3.63) is 28.8 Å². The lowest BCUT2D eigenvalue weighted by atomic mass is 10.1. The monoisotopic (exact) mass is 305 g/mol. The molecule has 0 atom stereocenters. The van der Waals surface area contributed by atoms with Crippen LogP contribution in [0.1, 0.15) is 31.1 Å². The number of ether oxygens (including phenoxy) is 1. The fourth-order valence-electron chi connectivity index (χ4n) is 1.38. The van der Waals surface area contributed by atoms with Crippen molar-refractivity contribution in [1.82, 2.24) is 4.72 Å². The molecule has 0 fully saturated rings. The zero-order chi connectivity index (χ0) is 14.7. The fraction of sp³-hybridized carbons (Fsp3) is 0.417. The molecule has 0 amide bonds. The molecular formula is C12H16ClNO4S. The molecule has 106 valence electrons. The molecule has 0 aliphatic rings. The van der Waals surface area contributed by atoms with E-state index >= 15 is 0 Å². The van der Waals surface area contributed by atoms with Gasteiger partial charge in [-0.25, -0.2) is 13.1 Å². The number of aldehydes is 1. The van der Waals surface area contributed by atoms with E-state index in [0.717, 1.165) is 0 Å². The molecule has 0 spiro atoms. The molecule has 1 rings (SSSR count). The Morgan fingerprint density at radius 1 is 1.37 bits per heavy atom. The molecule has 0 saturated heterocycles. The third-order valence-corrected chi connectivity index (χ3v) is 3.52. The highest BCUT2D eigenvalue weighted by Crippen LogP contribution is 2.21. The molecule has 19 heavy (non-hydrogen) atoms. The van der Waals surface area contributed by atoms with Gasteiger partial charge in [0.25, 0.3) is 0 Å². The molecule has 0 aromatic heterocycles. The van der Waals surface area contributed by atoms with Crippen molar-refractivity contribution in [2.45, 2.75) is 26.3 Å². The maximum atomic E-state index is 11.7. The highest BCUT2D eigenvalue weighted by Gasteiger charge is 2.20. The Kier molecular flexibility index (Phi) is 4.95. The van der Waals surface area contributed by atoms with Crippen molar-refractivity contribution < 1.29 is 17.9 Å². The molecule has 0 unspecified atom stereocenters. The SMILES string of the molecule is CC(C)(C)NS(=O)(=O)COc1ccc(Cl)cc1C=O. The number of benzene rings is 1. The number of rotatable bonds is 5. The number of hydrogen-bond acceptors (Lipinski definition) is 4. The quantitative estimate of drug-likeness (QED) is 0.847. The van der Waals surface area contributed by atoms with Crippen molar-refractivity contribution in [3.63, 3.8) is 0 Å². The minimum atomic E-state index is -3.59. The second kappa shape index (κ2) is 5.90. The molecule has 7 heteroatoms. The summed E-state index contributed by atoms with van der Waals surface area (Å²) in [7, 11) is -3.59. The first kappa shape index (κ1) is 15.9. The minimum Gasteiger partial charge on any atom is -0.476 e. The second-order valence-corrected chi connectivity index (χ2v) is 7.13. The summed E-state index contributed by atoms with van der Waals surface area (Å²) in [5, 5.41) is 0.380. The van der Waals surface area contributed by atoms with E-state index < -0.39 is 21.5 Å². The smallest absolute Gasteiger partial charge is 0.247 e. The molecule has 0 radical (unpaired) electrons. The standard InChI is InChI=1S/C12H16ClNO4S/c1-12(2,3)14-19(16,17)8-18-11-5-4-10(13)6-9(11)7-15/h4-7,14H,8H2,1-3H3. The number of halogens is 1. The second-order valence-electron chi connectivity index (χ2n) is 5.03. The van der Waals surface area contributed by atoms with Gasteiger partial charge in [0.2, 0.25) is 16.0 Å². The van der Waals surface area contributed by atoms with Gasteiger partial charge in [-0.3, -0.25) is 4.79 Å². The summed E-state index contributed by atoms with van der Waals surface area (Å²) in [6, 6.07) is 4.39. The summed E-state index contributed by atoms with van der Waals surface area (Å²) in [6.45, 7) is 5.18. The van der Waals surface area contributed by atoms with E-state index in [1.54, 1.807) is 20.8 Å². The average Bonchev–Trinajstić information content (AvgIpc) is 2.24. The average molecular weight is 306 g/mol. The van der Waals surface area contributed by atoms with Gasteiger partial charge in [0.05, 0.1) is 5.56 Å². The van der Waals surface area contributed by atoms with Gasteiger partial charge < -0.3 is 4.74 Å². The summed E-state index contributed by atoms with van der Waals surface area (Å²) in [5.41, 5.74) is -0.381. The predicted molar refractivity (Wildman–Crippen MR) is 74.1 cm³/mol. The third-order valence-electron chi connectivity index (χ3n) is 1.93. The molecule has 1 aromatic carbocycles. The molecule has 0 heterocycles. The van der Waals surface area contributed by atoms with E-state index in [2.05, 4.69) is 4.72 Å². The van der Waals surface area contributed by atoms with Crippen molar-refractivity contribution >= 4 is 27.9 Å².